The summed E-state index contributed by atoms with van der Waals surface area (Å²) in [6.07, 6.45) is 21.2. The second-order valence-corrected chi connectivity index (χ2v) is 12.1. The molecule has 1 aromatic rings. The minimum absolute atomic E-state index is 0.101. The van der Waals surface area contributed by atoms with E-state index in [9.17, 15) is 26.7 Å². The molecule has 0 atom stereocenters. The third kappa shape index (κ3) is 24.3. The Morgan fingerprint density at radius 3 is 1.02 bits per heavy atom. The van der Waals surface area contributed by atoms with Crippen LogP contribution in [-0.2, 0) is 33.2 Å². The summed E-state index contributed by atoms with van der Waals surface area (Å²) in [5.74, 6) is -14.1. The topological polar surface area (TPSA) is 81.7 Å². The van der Waals surface area contributed by atoms with E-state index in [1.165, 1.54) is 96.3 Å². The maximum Gasteiger partial charge on any atom is 0.313 e. The van der Waals surface area contributed by atoms with E-state index < -0.39 is 47.2 Å². The highest BCUT2D eigenvalue weighted by molar-refractivity contribution is 5.72. The van der Waals surface area contributed by atoms with Gasteiger partial charge in [0.1, 0.15) is 0 Å². The molecule has 1 aromatic carbocycles. The Morgan fingerprint density at radius 2 is 0.660 bits per heavy atom. The smallest absolute Gasteiger partial charge is 0.313 e. The average Bonchev–Trinajstić information content (AvgIpc) is 3.11. The second kappa shape index (κ2) is 33.0. The second-order valence-electron chi connectivity index (χ2n) is 12.1. The minimum Gasteiger partial charge on any atom is -0.420 e. The van der Waals surface area contributed by atoms with Gasteiger partial charge in [-0.25, -0.2) is 13.2 Å². The highest BCUT2D eigenvalue weighted by atomic mass is 19.2. The van der Waals surface area contributed by atoms with E-state index in [0.29, 0.717) is 52.9 Å². The van der Waals surface area contributed by atoms with E-state index in [4.69, 9.17) is 28.4 Å². The van der Waals surface area contributed by atoms with E-state index in [-0.39, 0.29) is 19.8 Å². The number of benzene rings is 1. The number of ether oxygens (including phenoxy) is 7. The molecule has 13 heteroatoms. The zero-order chi connectivity index (χ0) is 36.5. The standard InChI is InChI=1S/C37H61F5O8/c1-2-3-4-5-6-7-8-9-10-11-12-13-14-15-16-17-19-44-21-23-46-25-27-48-29-30-49-28-26-47-24-22-45-20-18-31(43)50-37-35(41)33(39)32(38)34(40)36(37)42/h2-30H2,1H3. The van der Waals surface area contributed by atoms with Gasteiger partial charge in [-0.05, 0) is 6.42 Å². The molecule has 0 radical (unpaired) electrons. The van der Waals surface area contributed by atoms with E-state index in [1.807, 2.05) is 0 Å². The normalized spacial score (nSPS) is 11.5. The Kier molecular flexibility index (Phi) is 30.4. The first kappa shape index (κ1) is 46.1. The molecule has 0 aliphatic heterocycles. The van der Waals surface area contributed by atoms with Gasteiger partial charge in [0.15, 0.2) is 0 Å². The predicted octanol–water partition coefficient (Wildman–Crippen LogP) is 9.04. The fourth-order valence-electron chi connectivity index (χ4n) is 4.95. The first-order chi connectivity index (χ1) is 24.4. The molecule has 50 heavy (non-hydrogen) atoms. The lowest BCUT2D eigenvalue weighted by atomic mass is 10.0. The van der Waals surface area contributed by atoms with Gasteiger partial charge in [-0.15, -0.1) is 0 Å². The maximum atomic E-state index is 13.5. The number of hydrogen-bond donors (Lipinski definition) is 0. The first-order valence-corrected chi connectivity index (χ1v) is 18.6. The van der Waals surface area contributed by atoms with Crippen molar-refractivity contribution in [2.45, 2.75) is 116 Å². The quantitative estimate of drug-likeness (QED) is 0.0169. The maximum absolute atomic E-state index is 13.5. The summed E-state index contributed by atoms with van der Waals surface area (Å²) in [7, 11) is 0. The molecule has 0 saturated carbocycles. The summed E-state index contributed by atoms with van der Waals surface area (Å²) >= 11 is 0. The SMILES string of the molecule is CCCCCCCCCCCCCCCCCCOCCOCCOCCOCCOCCOCCC(=O)Oc1c(F)c(F)c(F)c(F)c1F. The van der Waals surface area contributed by atoms with Gasteiger partial charge in [0.25, 0.3) is 0 Å². The van der Waals surface area contributed by atoms with Crippen LogP contribution in [-0.4, -0.2) is 85.3 Å². The van der Waals surface area contributed by atoms with Crippen LogP contribution in [0.4, 0.5) is 22.0 Å². The average molecular weight is 729 g/mol. The van der Waals surface area contributed by atoms with Gasteiger partial charge in [0.2, 0.25) is 34.8 Å². The molecule has 1 rings (SSSR count). The van der Waals surface area contributed by atoms with E-state index in [2.05, 4.69) is 11.7 Å². The fourth-order valence-corrected chi connectivity index (χ4v) is 4.95. The Labute approximate surface area is 296 Å². The fraction of sp³-hybridized carbons (Fsp3) is 0.811. The van der Waals surface area contributed by atoms with Gasteiger partial charge in [-0.1, -0.05) is 103 Å². The van der Waals surface area contributed by atoms with Gasteiger partial charge in [0.05, 0.1) is 79.1 Å². The van der Waals surface area contributed by atoms with Gasteiger partial charge in [-0.3, -0.25) is 4.79 Å². The molecule has 0 aromatic heterocycles. The monoisotopic (exact) mass is 728 g/mol. The van der Waals surface area contributed by atoms with Crippen molar-refractivity contribution in [2.75, 3.05) is 79.3 Å². The van der Waals surface area contributed by atoms with Crippen LogP contribution in [0.15, 0.2) is 0 Å². The molecular formula is C37H61F5O8. The van der Waals surface area contributed by atoms with E-state index >= 15 is 0 Å². The Morgan fingerprint density at radius 1 is 0.380 bits per heavy atom. The van der Waals surface area contributed by atoms with Crippen LogP contribution in [0.5, 0.6) is 5.75 Å². The number of esters is 1. The number of hydrogen-bond acceptors (Lipinski definition) is 8. The Hall–Kier alpha value is -1.90. The highest BCUT2D eigenvalue weighted by Gasteiger charge is 2.28. The lowest BCUT2D eigenvalue weighted by Crippen LogP contribution is -2.16. The summed E-state index contributed by atoms with van der Waals surface area (Å²) in [6.45, 7) is 6.67. The third-order valence-corrected chi connectivity index (χ3v) is 7.84. The molecule has 8 nitrogen and oxygen atoms in total. The van der Waals surface area contributed by atoms with Crippen molar-refractivity contribution in [2.24, 2.45) is 0 Å². The molecule has 0 saturated heterocycles. The summed E-state index contributed by atoms with van der Waals surface area (Å²) in [5, 5.41) is 0. The van der Waals surface area contributed by atoms with Gasteiger partial charge >= 0.3 is 5.97 Å². The molecule has 0 aliphatic carbocycles. The Bertz CT molecular complexity index is 943. The molecule has 0 bridgehead atoms. The van der Waals surface area contributed by atoms with Gasteiger partial charge in [-0.2, -0.15) is 8.78 Å². The Balaban J connectivity index is 1.74. The molecule has 0 heterocycles. The van der Waals surface area contributed by atoms with Crippen molar-refractivity contribution in [1.82, 2.24) is 0 Å². The molecule has 0 unspecified atom stereocenters. The number of rotatable bonds is 36. The molecule has 0 amide bonds. The van der Waals surface area contributed by atoms with Crippen LogP contribution < -0.4 is 4.74 Å². The van der Waals surface area contributed by atoms with Crippen LogP contribution in [0.2, 0.25) is 0 Å². The van der Waals surface area contributed by atoms with Crippen LogP contribution >= 0.6 is 0 Å². The lowest BCUT2D eigenvalue weighted by molar-refractivity contribution is -0.136. The number of carbonyl (C=O) groups is 1. The van der Waals surface area contributed by atoms with Crippen LogP contribution in [0.3, 0.4) is 0 Å². The summed E-state index contributed by atoms with van der Waals surface area (Å²) < 4.78 is 103. The zero-order valence-electron chi connectivity index (χ0n) is 30.2. The van der Waals surface area contributed by atoms with Crippen molar-refractivity contribution in [1.29, 1.82) is 0 Å². The summed E-state index contributed by atoms with van der Waals surface area (Å²) in [6, 6.07) is 0. The van der Waals surface area contributed by atoms with Crippen LogP contribution in [0.25, 0.3) is 0 Å². The van der Waals surface area contributed by atoms with Crippen LogP contribution in [0.1, 0.15) is 116 Å². The van der Waals surface area contributed by atoms with Crippen molar-refractivity contribution in [3.63, 3.8) is 0 Å². The predicted molar refractivity (Wildman–Crippen MR) is 181 cm³/mol. The van der Waals surface area contributed by atoms with Crippen molar-refractivity contribution in [3.8, 4) is 5.75 Å². The lowest BCUT2D eigenvalue weighted by Gasteiger charge is -2.09. The van der Waals surface area contributed by atoms with Gasteiger partial charge in [0, 0.05) is 6.61 Å². The largest absolute Gasteiger partial charge is 0.420 e. The number of unbranched alkanes of at least 4 members (excludes halogenated alkanes) is 15. The first-order valence-electron chi connectivity index (χ1n) is 18.6. The van der Waals surface area contributed by atoms with E-state index in [0.717, 1.165) is 13.0 Å². The summed E-state index contributed by atoms with van der Waals surface area (Å²) in [4.78, 5) is 11.7. The number of carbonyl (C=O) groups excluding carboxylic acids is 1. The number of halogens is 5. The molecule has 292 valence electrons. The van der Waals surface area contributed by atoms with Crippen molar-refractivity contribution < 1.29 is 59.9 Å². The van der Waals surface area contributed by atoms with Crippen LogP contribution in [0, 0.1) is 29.1 Å². The molecule has 0 fully saturated rings. The highest BCUT2D eigenvalue weighted by Crippen LogP contribution is 2.29. The van der Waals surface area contributed by atoms with Crippen molar-refractivity contribution >= 4 is 5.97 Å². The van der Waals surface area contributed by atoms with E-state index in [1.54, 1.807) is 0 Å². The molecule has 0 N–H and O–H groups in total. The summed E-state index contributed by atoms with van der Waals surface area (Å²) in [5.41, 5.74) is 0. The molecular weight excluding hydrogens is 667 g/mol. The minimum atomic E-state index is -2.34. The zero-order valence-corrected chi connectivity index (χ0v) is 30.2. The molecule has 0 aliphatic rings. The third-order valence-electron chi connectivity index (χ3n) is 7.84. The van der Waals surface area contributed by atoms with Crippen molar-refractivity contribution in [3.05, 3.63) is 29.1 Å². The van der Waals surface area contributed by atoms with Gasteiger partial charge < -0.3 is 33.2 Å². The molecule has 0 spiro atoms.